The number of carbonyl (C=O) groups is 1. The predicted molar refractivity (Wildman–Crippen MR) is 81.5 cm³/mol. The largest absolute Gasteiger partial charge is 0.510 e. The van der Waals surface area contributed by atoms with Crippen molar-refractivity contribution in [3.8, 4) is 0 Å². The topological polar surface area (TPSA) is 37.3 Å². The summed E-state index contributed by atoms with van der Waals surface area (Å²) in [5.41, 5.74) is 4.68. The smallest absolute Gasteiger partial charge is 0.224 e. The Morgan fingerprint density at radius 3 is 2.16 bits per heavy atom. The Kier molecular flexibility index (Phi) is 3.52. The van der Waals surface area contributed by atoms with Gasteiger partial charge in [0.05, 0.1) is 10.3 Å². The van der Waals surface area contributed by atoms with E-state index in [9.17, 15) is 9.90 Å². The molecule has 0 fully saturated rings. The third-order valence-electron chi connectivity index (χ3n) is 3.86. The van der Waals surface area contributed by atoms with Gasteiger partial charge in [-0.1, -0.05) is 36.4 Å². The summed E-state index contributed by atoms with van der Waals surface area (Å²) in [6.45, 7) is 9.95. The van der Waals surface area contributed by atoms with Crippen LogP contribution in [0.25, 0.3) is 5.57 Å². The molecule has 1 atom stereocenters. The molecular formula is C16H20O2S. The lowest BCUT2D eigenvalue weighted by Crippen LogP contribution is -2.18. The highest BCUT2D eigenvalue weighted by atomic mass is 32.2. The first-order valence-electron chi connectivity index (χ1n) is 6.55. The second-order valence-corrected chi connectivity index (χ2v) is 6.95. The molecule has 2 rings (SSSR count). The van der Waals surface area contributed by atoms with Crippen LogP contribution in [0.4, 0.5) is 0 Å². The number of aryl methyl sites for hydroxylation is 3. The molecule has 0 amide bonds. The average Bonchev–Trinajstić information content (AvgIpc) is 2.52. The molecule has 1 heterocycles. The second kappa shape index (κ2) is 4.71. The van der Waals surface area contributed by atoms with Crippen molar-refractivity contribution in [2.75, 3.05) is 0 Å². The monoisotopic (exact) mass is 276 g/mol. The van der Waals surface area contributed by atoms with Crippen molar-refractivity contribution in [1.29, 1.82) is 0 Å². The van der Waals surface area contributed by atoms with Gasteiger partial charge in [0.15, 0.2) is 0 Å². The van der Waals surface area contributed by atoms with Crippen molar-refractivity contribution in [3.63, 3.8) is 0 Å². The molecule has 1 aliphatic heterocycles. The van der Waals surface area contributed by atoms with E-state index in [1.165, 1.54) is 17.3 Å². The molecule has 0 saturated heterocycles. The van der Waals surface area contributed by atoms with Crippen molar-refractivity contribution < 1.29 is 9.90 Å². The standard InChI is InChI=1S/C16H20O2S/c1-6-16(5)14(17)13(15(18)19-16)12-10(3)7-9(2)8-11(12)4/h7-8,17H,6H2,1-5H3. The van der Waals surface area contributed by atoms with Crippen molar-refractivity contribution in [3.05, 3.63) is 40.1 Å². The summed E-state index contributed by atoms with van der Waals surface area (Å²) in [6.07, 6.45) is 0.739. The molecule has 1 aromatic rings. The van der Waals surface area contributed by atoms with Gasteiger partial charge < -0.3 is 5.11 Å². The van der Waals surface area contributed by atoms with Crippen LogP contribution in [0, 0.1) is 20.8 Å². The van der Waals surface area contributed by atoms with Gasteiger partial charge >= 0.3 is 0 Å². The summed E-state index contributed by atoms with van der Waals surface area (Å²) in [7, 11) is 0. The Hall–Kier alpha value is -1.22. The van der Waals surface area contributed by atoms with Crippen LogP contribution in [0.3, 0.4) is 0 Å². The van der Waals surface area contributed by atoms with E-state index in [-0.39, 0.29) is 10.9 Å². The number of benzene rings is 1. The number of hydrogen-bond acceptors (Lipinski definition) is 3. The lowest BCUT2D eigenvalue weighted by atomic mass is 9.90. The molecular weight excluding hydrogens is 256 g/mol. The Bertz CT molecular complexity index is 563. The van der Waals surface area contributed by atoms with E-state index in [2.05, 4.69) is 12.1 Å². The third-order valence-corrected chi connectivity index (χ3v) is 5.18. The first-order chi connectivity index (χ1) is 8.80. The number of carbonyl (C=O) groups excluding carboxylic acids is 1. The maximum atomic E-state index is 12.3. The molecule has 1 unspecified atom stereocenters. The first kappa shape index (κ1) is 14.2. The number of hydrogen-bond donors (Lipinski definition) is 1. The van der Waals surface area contributed by atoms with Gasteiger partial charge in [-0.05, 0) is 50.8 Å². The van der Waals surface area contributed by atoms with Gasteiger partial charge in [0.25, 0.3) is 0 Å². The molecule has 1 aromatic carbocycles. The molecule has 102 valence electrons. The van der Waals surface area contributed by atoms with Gasteiger partial charge in [0, 0.05) is 0 Å². The van der Waals surface area contributed by atoms with Gasteiger partial charge in [-0.3, -0.25) is 4.79 Å². The quantitative estimate of drug-likeness (QED) is 0.874. The van der Waals surface area contributed by atoms with Crippen LogP contribution in [0.2, 0.25) is 0 Å². The van der Waals surface area contributed by atoms with E-state index in [1.54, 1.807) is 0 Å². The van der Waals surface area contributed by atoms with Gasteiger partial charge in [0.1, 0.15) is 5.76 Å². The fourth-order valence-corrected chi connectivity index (χ4v) is 3.75. The lowest BCUT2D eigenvalue weighted by molar-refractivity contribution is -0.106. The Morgan fingerprint density at radius 2 is 1.74 bits per heavy atom. The molecule has 2 nitrogen and oxygen atoms in total. The summed E-state index contributed by atoms with van der Waals surface area (Å²) < 4.78 is -0.476. The van der Waals surface area contributed by atoms with Crippen LogP contribution in [-0.4, -0.2) is 15.0 Å². The van der Waals surface area contributed by atoms with Crippen LogP contribution < -0.4 is 0 Å². The van der Waals surface area contributed by atoms with Crippen LogP contribution in [0.15, 0.2) is 17.9 Å². The van der Waals surface area contributed by atoms with Crippen LogP contribution in [0.1, 0.15) is 42.5 Å². The molecule has 0 spiro atoms. The van der Waals surface area contributed by atoms with Crippen molar-refractivity contribution in [1.82, 2.24) is 0 Å². The third kappa shape index (κ3) is 2.20. The normalized spacial score (nSPS) is 23.3. The number of rotatable bonds is 2. The van der Waals surface area contributed by atoms with Crippen molar-refractivity contribution in [2.24, 2.45) is 0 Å². The summed E-state index contributed by atoms with van der Waals surface area (Å²) in [4.78, 5) is 12.3. The van der Waals surface area contributed by atoms with Crippen molar-refractivity contribution >= 4 is 22.5 Å². The first-order valence-corrected chi connectivity index (χ1v) is 7.37. The van der Waals surface area contributed by atoms with E-state index in [1.807, 2.05) is 34.6 Å². The highest BCUT2D eigenvalue weighted by Gasteiger charge is 2.43. The molecule has 0 aromatic heterocycles. The Balaban J connectivity index is 2.69. The molecule has 0 aliphatic carbocycles. The molecule has 1 aliphatic rings. The zero-order chi connectivity index (χ0) is 14.4. The lowest BCUT2D eigenvalue weighted by Gasteiger charge is -2.19. The van der Waals surface area contributed by atoms with E-state index in [0.29, 0.717) is 5.57 Å². The molecule has 19 heavy (non-hydrogen) atoms. The maximum Gasteiger partial charge on any atom is 0.224 e. The molecule has 0 bridgehead atoms. The average molecular weight is 276 g/mol. The predicted octanol–water partition coefficient (Wildman–Crippen LogP) is 4.32. The summed E-state index contributed by atoms with van der Waals surface area (Å²) in [6, 6.07) is 4.12. The minimum absolute atomic E-state index is 0.0168. The van der Waals surface area contributed by atoms with E-state index in [0.717, 1.165) is 23.1 Å². The number of thioether (sulfide) groups is 1. The van der Waals surface area contributed by atoms with E-state index >= 15 is 0 Å². The summed E-state index contributed by atoms with van der Waals surface area (Å²) in [5, 5.41) is 10.5. The Labute approximate surface area is 118 Å². The molecule has 3 heteroatoms. The summed E-state index contributed by atoms with van der Waals surface area (Å²) in [5.74, 6) is 0.236. The summed E-state index contributed by atoms with van der Waals surface area (Å²) >= 11 is 1.24. The minimum Gasteiger partial charge on any atom is -0.510 e. The van der Waals surface area contributed by atoms with Gasteiger partial charge in [-0.15, -0.1) is 0 Å². The minimum atomic E-state index is -0.476. The highest BCUT2D eigenvalue weighted by Crippen LogP contribution is 2.48. The Morgan fingerprint density at radius 1 is 1.21 bits per heavy atom. The number of aliphatic hydroxyl groups excluding tert-OH is 1. The molecule has 0 radical (unpaired) electrons. The highest BCUT2D eigenvalue weighted by molar-refractivity contribution is 8.16. The van der Waals surface area contributed by atoms with E-state index in [4.69, 9.17) is 0 Å². The van der Waals surface area contributed by atoms with Crippen LogP contribution >= 0.6 is 11.8 Å². The number of aliphatic hydroxyl groups is 1. The van der Waals surface area contributed by atoms with Crippen molar-refractivity contribution in [2.45, 2.75) is 45.8 Å². The van der Waals surface area contributed by atoms with E-state index < -0.39 is 4.75 Å². The fourth-order valence-electron chi connectivity index (χ4n) is 2.70. The van der Waals surface area contributed by atoms with Gasteiger partial charge in [-0.25, -0.2) is 0 Å². The molecule has 1 N–H and O–H groups in total. The SMILES string of the molecule is CCC1(C)SC(=O)C(c2c(C)cc(C)cc2C)=C1O. The maximum absolute atomic E-state index is 12.3. The fraction of sp³-hybridized carbons (Fsp3) is 0.438. The zero-order valence-electron chi connectivity index (χ0n) is 12.1. The van der Waals surface area contributed by atoms with Gasteiger partial charge in [-0.2, -0.15) is 0 Å². The van der Waals surface area contributed by atoms with Gasteiger partial charge in [0.2, 0.25) is 5.12 Å². The molecule has 0 saturated carbocycles. The zero-order valence-corrected chi connectivity index (χ0v) is 12.9. The second-order valence-electron chi connectivity index (χ2n) is 5.47. The van der Waals surface area contributed by atoms with Crippen LogP contribution in [0.5, 0.6) is 0 Å². The van der Waals surface area contributed by atoms with Crippen LogP contribution in [-0.2, 0) is 4.79 Å².